The number of hydrogen-bond acceptors (Lipinski definition) is 10. The molecule has 60 heavy (non-hydrogen) atoms. The highest BCUT2D eigenvalue weighted by atomic mass is 16.8. The molecule has 0 aliphatic carbocycles. The number of carbonyl (C=O) groups excluding carboxylic acids is 1. The number of benzene rings is 5. The normalized spacial score (nSPS) is 29.0. The molecule has 1 N–H and O–H groups in total. The molecule has 0 saturated carbocycles. The molecule has 11 heteroatoms. The van der Waals surface area contributed by atoms with Crippen molar-refractivity contribution in [1.82, 2.24) is 5.32 Å². The van der Waals surface area contributed by atoms with E-state index >= 15 is 0 Å². The van der Waals surface area contributed by atoms with Crippen molar-refractivity contribution in [2.75, 3.05) is 6.61 Å². The van der Waals surface area contributed by atoms with Crippen molar-refractivity contribution in [2.45, 2.75) is 108 Å². The minimum Gasteiger partial charge on any atom is -0.368 e. The summed E-state index contributed by atoms with van der Waals surface area (Å²) in [6.07, 6.45) is -7.38. The van der Waals surface area contributed by atoms with Crippen LogP contribution in [0.5, 0.6) is 0 Å². The minimum absolute atomic E-state index is 0.191. The van der Waals surface area contributed by atoms with Crippen LogP contribution in [0.4, 0.5) is 0 Å². The third-order valence-electron chi connectivity index (χ3n) is 10.9. The Labute approximate surface area is 351 Å². The Morgan fingerprint density at radius 1 is 0.550 bits per heavy atom. The Balaban J connectivity index is 1.14. The van der Waals surface area contributed by atoms with Crippen LogP contribution < -0.4 is 5.32 Å². The summed E-state index contributed by atoms with van der Waals surface area (Å²) in [6.45, 7) is 4.72. The molecular weight excluding hydrogens is 763 g/mol. The standard InChI is InChI=1S/C49H53NO10/c1-33-42(52-28-35-18-8-3-9-19-35)45(53-29-36-20-10-4-11-21-36)46(54-30-37-22-12-5-13-23-37)49(57-33)60-44-41(50-34(2)51)48(55-31-38-24-14-6-15-25-38)58-40-32-56-47(59-43(40)44)39-26-16-7-17-27-39/h3-27,33,40-49H,28-32H2,1-2H3,(H,50,51)/t33-,40-,41+,42-,43-,44+,45+,46+,47+,48+,49+/m1/s1. The van der Waals surface area contributed by atoms with Crippen molar-refractivity contribution >= 4 is 5.91 Å². The smallest absolute Gasteiger partial charge is 0.217 e. The molecule has 0 spiro atoms. The Morgan fingerprint density at radius 2 is 1.02 bits per heavy atom. The van der Waals surface area contributed by atoms with Crippen LogP contribution in [-0.4, -0.2) is 73.9 Å². The third-order valence-corrected chi connectivity index (χ3v) is 10.9. The van der Waals surface area contributed by atoms with E-state index in [0.29, 0.717) is 13.2 Å². The van der Waals surface area contributed by atoms with E-state index in [1.54, 1.807) is 0 Å². The van der Waals surface area contributed by atoms with Gasteiger partial charge >= 0.3 is 0 Å². The zero-order valence-electron chi connectivity index (χ0n) is 33.9. The fourth-order valence-electron chi connectivity index (χ4n) is 7.93. The molecule has 8 rings (SSSR count). The fraction of sp³-hybridized carbons (Fsp3) is 0.367. The van der Waals surface area contributed by atoms with Gasteiger partial charge in [0.05, 0.1) is 39.1 Å². The topological polar surface area (TPSA) is 112 Å². The first-order valence-electron chi connectivity index (χ1n) is 20.7. The molecular formula is C49H53NO10. The first-order chi connectivity index (χ1) is 29.5. The Hall–Kier alpha value is -4.79. The van der Waals surface area contributed by atoms with E-state index in [4.69, 9.17) is 42.6 Å². The number of nitrogens with one attached hydrogen (secondary N) is 1. The summed E-state index contributed by atoms with van der Waals surface area (Å²) < 4.78 is 60.6. The zero-order valence-corrected chi connectivity index (χ0v) is 33.9. The van der Waals surface area contributed by atoms with Gasteiger partial charge < -0.3 is 47.9 Å². The van der Waals surface area contributed by atoms with Crippen LogP contribution in [-0.2, 0) is 73.9 Å². The van der Waals surface area contributed by atoms with E-state index in [1.807, 2.05) is 159 Å². The maximum Gasteiger partial charge on any atom is 0.217 e. The van der Waals surface area contributed by atoms with Crippen molar-refractivity contribution in [3.8, 4) is 0 Å². The lowest BCUT2D eigenvalue weighted by Gasteiger charge is -2.52. The first-order valence-corrected chi connectivity index (χ1v) is 20.7. The van der Waals surface area contributed by atoms with Crippen LogP contribution in [0.1, 0.15) is 48.0 Å². The van der Waals surface area contributed by atoms with Gasteiger partial charge in [0.2, 0.25) is 5.91 Å². The van der Waals surface area contributed by atoms with E-state index in [9.17, 15) is 4.79 Å². The summed E-state index contributed by atoms with van der Waals surface area (Å²) in [5.41, 5.74) is 4.77. The molecule has 3 aliphatic rings. The van der Waals surface area contributed by atoms with Crippen LogP contribution >= 0.6 is 0 Å². The summed E-state index contributed by atoms with van der Waals surface area (Å²) >= 11 is 0. The van der Waals surface area contributed by atoms with Gasteiger partial charge in [-0.25, -0.2) is 0 Å². The fourth-order valence-corrected chi connectivity index (χ4v) is 7.93. The van der Waals surface area contributed by atoms with Crippen LogP contribution in [0.25, 0.3) is 0 Å². The lowest BCUT2D eigenvalue weighted by molar-refractivity contribution is -0.383. The van der Waals surface area contributed by atoms with Crippen molar-refractivity contribution in [3.05, 3.63) is 179 Å². The number of amides is 1. The number of ether oxygens (including phenoxy) is 9. The zero-order chi connectivity index (χ0) is 41.1. The molecule has 3 heterocycles. The van der Waals surface area contributed by atoms with Crippen molar-refractivity contribution < 1.29 is 47.4 Å². The first kappa shape index (κ1) is 41.9. The van der Waals surface area contributed by atoms with Crippen LogP contribution in [0, 0.1) is 0 Å². The number of rotatable bonds is 16. The lowest BCUT2D eigenvalue weighted by Crippen LogP contribution is -2.69. The van der Waals surface area contributed by atoms with Gasteiger partial charge in [-0.2, -0.15) is 0 Å². The summed E-state index contributed by atoms with van der Waals surface area (Å²) in [6, 6.07) is 48.6. The van der Waals surface area contributed by atoms with Gasteiger partial charge in [-0.1, -0.05) is 152 Å². The highest BCUT2D eigenvalue weighted by Crippen LogP contribution is 2.39. The molecule has 0 bridgehead atoms. The molecule has 0 unspecified atom stereocenters. The average molecular weight is 816 g/mol. The van der Waals surface area contributed by atoms with E-state index in [-0.39, 0.29) is 25.7 Å². The van der Waals surface area contributed by atoms with Crippen molar-refractivity contribution in [2.24, 2.45) is 0 Å². The lowest BCUT2D eigenvalue weighted by atomic mass is 9.94. The van der Waals surface area contributed by atoms with E-state index < -0.39 is 67.6 Å². The van der Waals surface area contributed by atoms with Gasteiger partial charge in [0.15, 0.2) is 18.9 Å². The number of carbonyl (C=O) groups is 1. The highest BCUT2D eigenvalue weighted by molar-refractivity contribution is 5.73. The summed E-state index contributed by atoms with van der Waals surface area (Å²) in [7, 11) is 0. The predicted molar refractivity (Wildman–Crippen MR) is 222 cm³/mol. The van der Waals surface area contributed by atoms with Gasteiger partial charge in [0, 0.05) is 12.5 Å². The van der Waals surface area contributed by atoms with Crippen LogP contribution in [0.15, 0.2) is 152 Å². The molecule has 0 aromatic heterocycles. The molecule has 5 aromatic carbocycles. The van der Waals surface area contributed by atoms with Gasteiger partial charge in [-0.15, -0.1) is 0 Å². The molecule has 5 aromatic rings. The highest BCUT2D eigenvalue weighted by Gasteiger charge is 2.55. The molecule has 1 amide bonds. The monoisotopic (exact) mass is 815 g/mol. The van der Waals surface area contributed by atoms with Crippen molar-refractivity contribution in [3.63, 3.8) is 0 Å². The quantitative estimate of drug-likeness (QED) is 0.108. The molecule has 314 valence electrons. The second kappa shape index (κ2) is 20.7. The van der Waals surface area contributed by atoms with Gasteiger partial charge in [0.1, 0.15) is 42.7 Å². The van der Waals surface area contributed by atoms with E-state index in [1.165, 1.54) is 6.92 Å². The minimum atomic E-state index is -1.02. The van der Waals surface area contributed by atoms with Gasteiger partial charge in [0.25, 0.3) is 0 Å². The number of fused-ring (bicyclic) bond motifs is 1. The maximum atomic E-state index is 13.1. The van der Waals surface area contributed by atoms with Crippen LogP contribution in [0.3, 0.4) is 0 Å². The summed E-state index contributed by atoms with van der Waals surface area (Å²) in [5, 5.41) is 3.10. The van der Waals surface area contributed by atoms with Crippen LogP contribution in [0.2, 0.25) is 0 Å². The van der Waals surface area contributed by atoms with Gasteiger partial charge in [-0.05, 0) is 29.2 Å². The maximum absolute atomic E-state index is 13.1. The Morgan fingerprint density at radius 3 is 1.53 bits per heavy atom. The van der Waals surface area contributed by atoms with E-state index in [0.717, 1.165) is 27.8 Å². The third kappa shape index (κ3) is 10.7. The molecule has 3 fully saturated rings. The Kier molecular flexibility index (Phi) is 14.4. The molecule has 3 saturated heterocycles. The molecule has 11 atom stereocenters. The number of hydrogen-bond donors (Lipinski definition) is 1. The molecule has 0 radical (unpaired) electrons. The summed E-state index contributed by atoms with van der Waals surface area (Å²) in [4.78, 5) is 13.1. The second-order valence-corrected chi connectivity index (χ2v) is 15.3. The SMILES string of the molecule is CC(=O)N[C@@H]1[C@@H](OCc2ccccc2)O[C@@H]2CO[C@H](c3ccccc3)O[C@H]2[C@H]1O[C@@H]1O[C@H](C)[C@@H](OCc2ccccc2)[C@H](OCc2ccccc2)[C@@H]1OCc1ccccc1. The molecule has 11 nitrogen and oxygen atoms in total. The van der Waals surface area contributed by atoms with Crippen molar-refractivity contribution in [1.29, 1.82) is 0 Å². The average Bonchev–Trinajstić information content (AvgIpc) is 3.29. The predicted octanol–water partition coefficient (Wildman–Crippen LogP) is 7.43. The van der Waals surface area contributed by atoms with Gasteiger partial charge in [-0.3, -0.25) is 4.79 Å². The second-order valence-electron chi connectivity index (χ2n) is 15.3. The van der Waals surface area contributed by atoms with E-state index in [2.05, 4.69) is 5.32 Å². The summed E-state index contributed by atoms with van der Waals surface area (Å²) in [5.74, 6) is -0.288. The Bertz CT molecular complexity index is 2030. The molecule has 3 aliphatic heterocycles. The largest absolute Gasteiger partial charge is 0.368 e.